The Balaban J connectivity index is 2.43. The number of halogens is 1. The number of hydrogen-bond acceptors (Lipinski definition) is 6. The lowest BCUT2D eigenvalue weighted by Crippen LogP contribution is -2.17. The van der Waals surface area contributed by atoms with Crippen LogP contribution in [0.15, 0.2) is 21.1 Å². The van der Waals surface area contributed by atoms with E-state index in [-0.39, 0.29) is 20.2 Å². The molecule has 0 spiro atoms. The highest BCUT2D eigenvalue weighted by Gasteiger charge is 2.25. The van der Waals surface area contributed by atoms with E-state index in [0.29, 0.717) is 0 Å². The summed E-state index contributed by atoms with van der Waals surface area (Å²) < 4.78 is 27.8. The quantitative estimate of drug-likeness (QED) is 0.901. The highest BCUT2D eigenvalue weighted by molar-refractivity contribution is 9.10. The van der Waals surface area contributed by atoms with Crippen LogP contribution in [0, 0.1) is 11.3 Å². The second kappa shape index (κ2) is 4.68. The monoisotopic (exact) mass is 347 g/mol. The van der Waals surface area contributed by atoms with E-state index >= 15 is 0 Å². The number of hydrogen-bond donors (Lipinski definition) is 1. The summed E-state index contributed by atoms with van der Waals surface area (Å²) in [7, 11) is -2.37. The Morgan fingerprint density at radius 3 is 2.89 bits per heavy atom. The van der Waals surface area contributed by atoms with Crippen LogP contribution < -0.4 is 4.72 Å². The van der Waals surface area contributed by atoms with Gasteiger partial charge in [-0.15, -0.1) is 16.4 Å². The molecule has 0 bridgehead atoms. The zero-order chi connectivity index (χ0) is 13.3. The molecule has 2 aromatic heterocycles. The minimum Gasteiger partial charge on any atom is -0.268 e. The Morgan fingerprint density at radius 1 is 1.61 bits per heavy atom. The topological polar surface area (TPSA) is 101 Å². The summed E-state index contributed by atoms with van der Waals surface area (Å²) in [6.45, 7) is 0. The maximum atomic E-state index is 12.1. The van der Waals surface area contributed by atoms with Crippen LogP contribution >= 0.6 is 27.3 Å². The van der Waals surface area contributed by atoms with Gasteiger partial charge in [0, 0.05) is 7.05 Å². The normalized spacial score (nSPS) is 11.2. The lowest BCUT2D eigenvalue weighted by atomic mass is 10.4. The van der Waals surface area contributed by atoms with Gasteiger partial charge in [-0.2, -0.15) is 13.7 Å². The molecule has 7 nitrogen and oxygen atoms in total. The number of rotatable bonds is 3. The number of nitrogens with one attached hydrogen (secondary N) is 1. The van der Waals surface area contributed by atoms with E-state index in [2.05, 4.69) is 31.0 Å². The minimum atomic E-state index is -3.83. The molecule has 2 rings (SSSR count). The maximum Gasteiger partial charge on any atom is 0.282 e. The molecule has 0 saturated heterocycles. The number of aromatic nitrogens is 3. The van der Waals surface area contributed by atoms with Crippen molar-refractivity contribution >= 4 is 42.3 Å². The minimum absolute atomic E-state index is 0.0974. The van der Waals surface area contributed by atoms with E-state index in [9.17, 15) is 8.42 Å². The van der Waals surface area contributed by atoms with Crippen molar-refractivity contribution in [3.63, 3.8) is 0 Å². The number of nitrogens with zero attached hydrogens (tertiary/aromatic N) is 4. The molecule has 2 heterocycles. The fourth-order valence-corrected chi connectivity index (χ4v) is 4.42. The molecule has 0 aromatic carbocycles. The molecule has 94 valence electrons. The molecule has 0 aliphatic rings. The maximum absolute atomic E-state index is 12.1. The van der Waals surface area contributed by atoms with Gasteiger partial charge in [-0.25, -0.2) is 4.68 Å². The highest BCUT2D eigenvalue weighted by atomic mass is 79.9. The molecule has 18 heavy (non-hydrogen) atoms. The Kier molecular flexibility index (Phi) is 3.38. The molecule has 0 amide bonds. The van der Waals surface area contributed by atoms with Crippen LogP contribution in [0.4, 0.5) is 5.00 Å². The van der Waals surface area contributed by atoms with Crippen molar-refractivity contribution in [2.24, 2.45) is 7.05 Å². The summed E-state index contributed by atoms with van der Waals surface area (Å²) in [5.41, 5.74) is 0.273. The number of nitriles is 1. The summed E-state index contributed by atoms with van der Waals surface area (Å²) in [4.78, 5) is 0. The molecule has 1 N–H and O–H groups in total. The fraction of sp³-hybridized carbons (Fsp3) is 0.125. The first kappa shape index (κ1) is 13.0. The molecule has 0 atom stereocenters. The van der Waals surface area contributed by atoms with Gasteiger partial charge in [-0.1, -0.05) is 5.21 Å². The predicted molar refractivity (Wildman–Crippen MR) is 68.5 cm³/mol. The molecule has 10 heteroatoms. The van der Waals surface area contributed by atoms with Gasteiger partial charge in [-0.05, 0) is 27.4 Å². The Labute approximate surface area is 115 Å². The predicted octanol–water partition coefficient (Wildman–Crippen LogP) is 1.31. The summed E-state index contributed by atoms with van der Waals surface area (Å²) in [6.07, 6.45) is 0. The Hall–Kier alpha value is -1.44. The first-order chi connectivity index (χ1) is 8.45. The van der Waals surface area contributed by atoms with E-state index in [1.807, 2.05) is 6.07 Å². The fourth-order valence-electron chi connectivity index (χ4n) is 1.25. The lowest BCUT2D eigenvalue weighted by Gasteiger charge is -2.06. The number of thiophene rings is 1. The van der Waals surface area contributed by atoms with E-state index in [1.54, 1.807) is 11.4 Å². The molecule has 0 fully saturated rings. The average Bonchev–Trinajstić information content (AvgIpc) is 2.85. The molecule has 0 aliphatic carbocycles. The Bertz CT molecular complexity index is 707. The van der Waals surface area contributed by atoms with Gasteiger partial charge < -0.3 is 0 Å². The van der Waals surface area contributed by atoms with Gasteiger partial charge >= 0.3 is 0 Å². The summed E-state index contributed by atoms with van der Waals surface area (Å²) in [5, 5.41) is 17.8. The van der Waals surface area contributed by atoms with Crippen LogP contribution in [-0.4, -0.2) is 23.4 Å². The van der Waals surface area contributed by atoms with Gasteiger partial charge in [0.15, 0.2) is 4.60 Å². The zero-order valence-electron chi connectivity index (χ0n) is 8.95. The van der Waals surface area contributed by atoms with Crippen LogP contribution in [0.25, 0.3) is 0 Å². The average molecular weight is 348 g/mol. The number of sulfonamides is 1. The van der Waals surface area contributed by atoms with E-state index in [4.69, 9.17) is 5.26 Å². The smallest absolute Gasteiger partial charge is 0.268 e. The molecule has 2 aromatic rings. The second-order valence-electron chi connectivity index (χ2n) is 3.19. The third kappa shape index (κ3) is 2.24. The van der Waals surface area contributed by atoms with Crippen molar-refractivity contribution in [3.8, 4) is 6.07 Å². The lowest BCUT2D eigenvalue weighted by molar-refractivity contribution is 0.578. The summed E-state index contributed by atoms with van der Waals surface area (Å²) >= 11 is 4.15. The second-order valence-corrected chi connectivity index (χ2v) is 6.45. The number of aryl methyl sites for hydroxylation is 1. The van der Waals surface area contributed by atoms with Crippen molar-refractivity contribution in [3.05, 3.63) is 21.6 Å². The van der Waals surface area contributed by atoms with Crippen molar-refractivity contribution in [1.29, 1.82) is 5.26 Å². The van der Waals surface area contributed by atoms with Gasteiger partial charge in [0.05, 0.1) is 5.56 Å². The largest absolute Gasteiger partial charge is 0.282 e. The molecular formula is C8H6BrN5O2S2. The summed E-state index contributed by atoms with van der Waals surface area (Å²) in [5.74, 6) is 0. The third-order valence-electron chi connectivity index (χ3n) is 2.00. The van der Waals surface area contributed by atoms with Crippen molar-refractivity contribution in [2.45, 2.75) is 5.03 Å². The molecule has 0 aliphatic heterocycles. The molecular weight excluding hydrogens is 342 g/mol. The van der Waals surface area contributed by atoms with Crippen LogP contribution in [0.3, 0.4) is 0 Å². The van der Waals surface area contributed by atoms with Gasteiger partial charge in [0.25, 0.3) is 10.0 Å². The van der Waals surface area contributed by atoms with Crippen molar-refractivity contribution < 1.29 is 8.42 Å². The van der Waals surface area contributed by atoms with E-state index in [0.717, 1.165) is 16.0 Å². The van der Waals surface area contributed by atoms with Gasteiger partial charge in [-0.3, -0.25) is 4.72 Å². The Morgan fingerprint density at radius 2 is 2.33 bits per heavy atom. The molecule has 0 unspecified atom stereocenters. The summed E-state index contributed by atoms with van der Waals surface area (Å²) in [6, 6.07) is 3.45. The van der Waals surface area contributed by atoms with E-state index < -0.39 is 10.0 Å². The highest BCUT2D eigenvalue weighted by Crippen LogP contribution is 2.27. The molecule has 0 saturated carbocycles. The van der Waals surface area contributed by atoms with Crippen molar-refractivity contribution in [1.82, 2.24) is 15.0 Å². The van der Waals surface area contributed by atoms with Gasteiger partial charge in [0.2, 0.25) is 5.03 Å². The first-order valence-corrected chi connectivity index (χ1v) is 7.67. The van der Waals surface area contributed by atoms with Crippen LogP contribution in [0.2, 0.25) is 0 Å². The van der Waals surface area contributed by atoms with E-state index in [1.165, 1.54) is 7.05 Å². The third-order valence-corrected chi connectivity index (χ3v) is 5.20. The number of anilines is 1. The van der Waals surface area contributed by atoms with Crippen molar-refractivity contribution in [2.75, 3.05) is 4.72 Å². The SMILES string of the molecule is Cn1nnc(Br)c1S(=O)(=O)Nc1sccc1C#N. The van der Waals surface area contributed by atoms with Gasteiger partial charge in [0.1, 0.15) is 11.1 Å². The van der Waals surface area contributed by atoms with Crippen LogP contribution in [0.5, 0.6) is 0 Å². The zero-order valence-corrected chi connectivity index (χ0v) is 12.2. The standard InChI is InChI=1S/C8H6BrN5O2S2/c1-14-8(6(9)11-13-14)18(15,16)12-7-5(4-10)2-3-17-7/h2-3,12H,1H3. The molecule has 0 radical (unpaired) electrons. The van der Waals surface area contributed by atoms with Crippen LogP contribution in [0.1, 0.15) is 5.56 Å². The first-order valence-electron chi connectivity index (χ1n) is 4.51. The van der Waals surface area contributed by atoms with Crippen LogP contribution in [-0.2, 0) is 17.1 Å².